The first-order chi connectivity index (χ1) is 9.36. The second-order valence-electron chi connectivity index (χ2n) is 5.42. The van der Waals surface area contributed by atoms with Crippen LogP contribution in [0, 0.1) is 5.41 Å². The third-order valence-corrected chi connectivity index (χ3v) is 5.68. The Labute approximate surface area is 119 Å². The Bertz CT molecular complexity index is 453. The highest BCUT2D eigenvalue weighted by atomic mass is 32.2. The average Bonchev–Trinajstić information content (AvgIpc) is 2.42. The topological polar surface area (TPSA) is 112 Å². The van der Waals surface area contributed by atoms with Crippen molar-refractivity contribution in [3.8, 4) is 0 Å². The van der Waals surface area contributed by atoms with Crippen molar-refractivity contribution in [2.75, 3.05) is 46.4 Å². The lowest BCUT2D eigenvalue weighted by atomic mass is 9.88. The lowest BCUT2D eigenvalue weighted by molar-refractivity contribution is 0.0718. The molecule has 2 heterocycles. The molecule has 4 N–H and O–H groups in total. The van der Waals surface area contributed by atoms with Crippen molar-refractivity contribution >= 4 is 16.0 Å². The number of rotatable bonds is 4. The summed E-state index contributed by atoms with van der Waals surface area (Å²) < 4.78 is 34.1. The molecule has 2 aliphatic rings. The van der Waals surface area contributed by atoms with Crippen LogP contribution in [0.2, 0.25) is 0 Å². The summed E-state index contributed by atoms with van der Waals surface area (Å²) in [7, 11) is -1.67. The molecule has 0 spiro atoms. The molecule has 0 aromatic rings. The van der Waals surface area contributed by atoms with E-state index in [1.165, 1.54) is 4.31 Å². The van der Waals surface area contributed by atoms with Gasteiger partial charge in [-0.1, -0.05) is 0 Å². The molecule has 0 atom stereocenters. The first-order valence-corrected chi connectivity index (χ1v) is 8.20. The summed E-state index contributed by atoms with van der Waals surface area (Å²) in [5.74, 6) is -0.109. The van der Waals surface area contributed by atoms with Gasteiger partial charge in [0.1, 0.15) is 5.84 Å². The predicted octanol–water partition coefficient (Wildman–Crippen LogP) is -1.45. The Morgan fingerprint density at radius 3 is 2.30 bits per heavy atom. The lowest BCUT2D eigenvalue weighted by Gasteiger charge is -2.41. The molecule has 0 aromatic carbocycles. The van der Waals surface area contributed by atoms with Gasteiger partial charge in [0.05, 0.1) is 18.8 Å². The van der Waals surface area contributed by atoms with E-state index in [0.717, 1.165) is 0 Å². The van der Waals surface area contributed by atoms with Gasteiger partial charge >= 0.3 is 0 Å². The van der Waals surface area contributed by atoms with Gasteiger partial charge in [0.15, 0.2) is 0 Å². The lowest BCUT2D eigenvalue weighted by Crippen LogP contribution is -2.64. The number of nitrogens with one attached hydrogen (secondary N) is 2. The third-order valence-electron chi connectivity index (χ3n) is 3.99. The molecule has 8 nitrogen and oxygen atoms in total. The first-order valence-electron chi connectivity index (χ1n) is 6.76. The highest BCUT2D eigenvalue weighted by Gasteiger charge is 2.42. The smallest absolute Gasteiger partial charge is 0.280 e. The van der Waals surface area contributed by atoms with Crippen LogP contribution in [0.15, 0.2) is 0 Å². The van der Waals surface area contributed by atoms with Gasteiger partial charge in [-0.25, -0.2) is 0 Å². The number of hydrogen-bond acceptors (Lipinski definition) is 5. The van der Waals surface area contributed by atoms with E-state index in [9.17, 15) is 8.42 Å². The maximum Gasteiger partial charge on any atom is 0.280 e. The van der Waals surface area contributed by atoms with Crippen LogP contribution in [0.4, 0.5) is 0 Å². The molecular formula is C11H23N5O3S. The fraction of sp³-hybridized carbons (Fsp3) is 0.909. The SMILES string of the molecule is CN1CCC(NS(=O)(=O)N2CCOCC2)(C(=N)N)CC1. The zero-order valence-corrected chi connectivity index (χ0v) is 12.6. The molecular weight excluding hydrogens is 282 g/mol. The van der Waals surface area contributed by atoms with Gasteiger partial charge in [-0.05, 0) is 19.9 Å². The summed E-state index contributed by atoms with van der Waals surface area (Å²) in [4.78, 5) is 2.10. The summed E-state index contributed by atoms with van der Waals surface area (Å²) in [5.41, 5.74) is 4.72. The van der Waals surface area contributed by atoms with Crippen molar-refractivity contribution < 1.29 is 13.2 Å². The van der Waals surface area contributed by atoms with Gasteiger partial charge in [0.2, 0.25) is 0 Å². The fourth-order valence-corrected chi connectivity index (χ4v) is 4.09. The number of likely N-dealkylation sites (tertiary alicyclic amines) is 1. The van der Waals surface area contributed by atoms with E-state index in [-0.39, 0.29) is 5.84 Å². The van der Waals surface area contributed by atoms with Gasteiger partial charge in [0.25, 0.3) is 10.2 Å². The van der Waals surface area contributed by atoms with Crippen molar-refractivity contribution in [2.45, 2.75) is 18.4 Å². The molecule has 2 rings (SSSR count). The number of piperidine rings is 1. The highest BCUT2D eigenvalue weighted by Crippen LogP contribution is 2.23. The van der Waals surface area contributed by atoms with Crippen LogP contribution in [-0.2, 0) is 14.9 Å². The van der Waals surface area contributed by atoms with Crippen molar-refractivity contribution in [1.82, 2.24) is 13.9 Å². The summed E-state index contributed by atoms with van der Waals surface area (Å²) >= 11 is 0. The molecule has 2 aliphatic heterocycles. The summed E-state index contributed by atoms with van der Waals surface area (Å²) in [6.07, 6.45) is 1.03. The molecule has 0 saturated carbocycles. The van der Waals surface area contributed by atoms with Crippen LogP contribution in [-0.4, -0.2) is 75.4 Å². The molecule has 9 heteroatoms. The monoisotopic (exact) mass is 305 g/mol. The molecule has 0 amide bonds. The Morgan fingerprint density at radius 1 is 1.25 bits per heavy atom. The van der Waals surface area contributed by atoms with Crippen LogP contribution in [0.5, 0.6) is 0 Å². The number of nitrogens with two attached hydrogens (primary N) is 1. The zero-order valence-electron chi connectivity index (χ0n) is 11.8. The minimum Gasteiger partial charge on any atom is -0.386 e. The number of amidine groups is 1. The maximum atomic E-state index is 12.4. The van der Waals surface area contributed by atoms with E-state index in [0.29, 0.717) is 52.2 Å². The number of morpholine rings is 1. The second-order valence-corrected chi connectivity index (χ2v) is 7.09. The van der Waals surface area contributed by atoms with Gasteiger partial charge < -0.3 is 15.4 Å². The van der Waals surface area contributed by atoms with E-state index in [1.807, 2.05) is 7.05 Å². The van der Waals surface area contributed by atoms with Crippen LogP contribution < -0.4 is 10.5 Å². The van der Waals surface area contributed by atoms with Gasteiger partial charge in [-0.3, -0.25) is 5.41 Å². The van der Waals surface area contributed by atoms with Crippen LogP contribution in [0.25, 0.3) is 0 Å². The Kier molecular flexibility index (Phi) is 4.65. The molecule has 20 heavy (non-hydrogen) atoms. The number of nitrogens with zero attached hydrogens (tertiary/aromatic N) is 2. The Morgan fingerprint density at radius 2 is 1.80 bits per heavy atom. The number of hydrogen-bond donors (Lipinski definition) is 3. The molecule has 2 fully saturated rings. The molecule has 0 radical (unpaired) electrons. The molecule has 0 aliphatic carbocycles. The highest BCUT2D eigenvalue weighted by molar-refractivity contribution is 7.87. The molecule has 116 valence electrons. The fourth-order valence-electron chi connectivity index (χ4n) is 2.53. The van der Waals surface area contributed by atoms with Crippen LogP contribution >= 0.6 is 0 Å². The van der Waals surface area contributed by atoms with Gasteiger partial charge in [-0.2, -0.15) is 17.4 Å². The second kappa shape index (κ2) is 5.94. The van der Waals surface area contributed by atoms with Crippen molar-refractivity contribution in [1.29, 1.82) is 5.41 Å². The largest absolute Gasteiger partial charge is 0.386 e. The van der Waals surface area contributed by atoms with E-state index in [4.69, 9.17) is 15.9 Å². The maximum absolute atomic E-state index is 12.4. The summed E-state index contributed by atoms with van der Waals surface area (Å²) in [6.45, 7) is 2.90. The Balaban J connectivity index is 2.13. The quantitative estimate of drug-likeness (QED) is 0.435. The van der Waals surface area contributed by atoms with E-state index >= 15 is 0 Å². The third kappa shape index (κ3) is 3.29. The van der Waals surface area contributed by atoms with Gasteiger partial charge in [-0.15, -0.1) is 0 Å². The molecule has 0 aromatic heterocycles. The van der Waals surface area contributed by atoms with Crippen molar-refractivity contribution in [2.24, 2.45) is 5.73 Å². The van der Waals surface area contributed by atoms with E-state index in [2.05, 4.69) is 9.62 Å². The minimum absolute atomic E-state index is 0.109. The normalized spacial score (nSPS) is 25.4. The van der Waals surface area contributed by atoms with Crippen molar-refractivity contribution in [3.05, 3.63) is 0 Å². The first kappa shape index (κ1) is 15.6. The molecule has 2 saturated heterocycles. The van der Waals surface area contributed by atoms with Crippen LogP contribution in [0.1, 0.15) is 12.8 Å². The van der Waals surface area contributed by atoms with Crippen LogP contribution in [0.3, 0.4) is 0 Å². The number of ether oxygens (including phenoxy) is 1. The standard InChI is InChI=1S/C11H23N5O3S/c1-15-4-2-11(3-5-15,10(12)13)14-20(17,18)16-6-8-19-9-7-16/h14H,2-9H2,1H3,(H3,12,13). The van der Waals surface area contributed by atoms with Gasteiger partial charge in [0, 0.05) is 26.2 Å². The van der Waals surface area contributed by atoms with E-state index < -0.39 is 15.7 Å². The zero-order chi connectivity index (χ0) is 14.8. The summed E-state index contributed by atoms with van der Waals surface area (Å²) in [5, 5.41) is 7.79. The predicted molar refractivity (Wildman–Crippen MR) is 75.8 cm³/mol. The summed E-state index contributed by atoms with van der Waals surface area (Å²) in [6, 6.07) is 0. The van der Waals surface area contributed by atoms with E-state index in [1.54, 1.807) is 0 Å². The molecule has 0 bridgehead atoms. The average molecular weight is 305 g/mol. The Hall–Kier alpha value is -0.740. The van der Waals surface area contributed by atoms with Crippen molar-refractivity contribution in [3.63, 3.8) is 0 Å². The molecule has 0 unspecified atom stereocenters. The minimum atomic E-state index is -3.64.